The maximum absolute atomic E-state index is 12.3. The molecule has 0 aliphatic heterocycles. The second-order valence-electron chi connectivity index (χ2n) is 4.82. The first-order chi connectivity index (χ1) is 10.5. The van der Waals surface area contributed by atoms with Gasteiger partial charge in [0.05, 0.1) is 12.1 Å². The molecule has 1 amide bonds. The molecular formula is C15H12ClN3O2S. The molecule has 0 spiro atoms. The van der Waals surface area contributed by atoms with Crippen LogP contribution in [0.25, 0.3) is 10.2 Å². The molecule has 3 rings (SSSR count). The van der Waals surface area contributed by atoms with Crippen molar-refractivity contribution in [2.45, 2.75) is 6.54 Å². The van der Waals surface area contributed by atoms with Crippen LogP contribution in [0.2, 0.25) is 5.02 Å². The van der Waals surface area contributed by atoms with Crippen molar-refractivity contribution in [2.75, 3.05) is 7.05 Å². The number of hydrogen-bond acceptors (Lipinski definition) is 4. The van der Waals surface area contributed by atoms with Crippen LogP contribution in [0.5, 0.6) is 0 Å². The van der Waals surface area contributed by atoms with Gasteiger partial charge in [0.2, 0.25) is 0 Å². The highest BCUT2D eigenvalue weighted by atomic mass is 35.5. The van der Waals surface area contributed by atoms with Gasteiger partial charge in [-0.15, -0.1) is 11.3 Å². The Morgan fingerprint density at radius 2 is 2.23 bits per heavy atom. The summed E-state index contributed by atoms with van der Waals surface area (Å²) in [5, 5.41) is 2.32. The minimum Gasteiger partial charge on any atom is -0.334 e. The third-order valence-electron chi connectivity index (χ3n) is 3.17. The molecule has 0 aliphatic carbocycles. The predicted octanol–water partition coefficient (Wildman–Crippen LogP) is 2.91. The zero-order chi connectivity index (χ0) is 15.7. The van der Waals surface area contributed by atoms with Gasteiger partial charge in [-0.2, -0.15) is 0 Å². The summed E-state index contributed by atoms with van der Waals surface area (Å²) in [6.45, 7) is 0.215. The fraction of sp³-hybridized carbons (Fsp3) is 0.133. The fourth-order valence-corrected chi connectivity index (χ4v) is 3.05. The van der Waals surface area contributed by atoms with Crippen LogP contribution in [0.3, 0.4) is 0 Å². The van der Waals surface area contributed by atoms with E-state index in [4.69, 9.17) is 11.6 Å². The molecule has 1 aromatic carbocycles. The lowest BCUT2D eigenvalue weighted by molar-refractivity contribution is 0.0781. The van der Waals surface area contributed by atoms with Gasteiger partial charge in [-0.25, -0.2) is 4.98 Å². The van der Waals surface area contributed by atoms with Crippen molar-refractivity contribution in [3.8, 4) is 0 Å². The Hall–Kier alpha value is -2.18. The van der Waals surface area contributed by atoms with E-state index in [0.29, 0.717) is 26.6 Å². The lowest BCUT2D eigenvalue weighted by Crippen LogP contribution is -2.28. The number of thiophene rings is 1. The summed E-state index contributed by atoms with van der Waals surface area (Å²) >= 11 is 7.24. The predicted molar refractivity (Wildman–Crippen MR) is 87.5 cm³/mol. The molecule has 0 unspecified atom stereocenters. The molecule has 7 heteroatoms. The number of nitrogens with zero attached hydrogens (tertiary/aromatic N) is 2. The number of benzene rings is 1. The largest absolute Gasteiger partial charge is 0.334 e. The number of fused-ring (bicyclic) bond motifs is 1. The molecule has 0 aliphatic rings. The molecule has 5 nitrogen and oxygen atoms in total. The number of amides is 1. The maximum Gasteiger partial charge on any atom is 0.268 e. The van der Waals surface area contributed by atoms with E-state index in [2.05, 4.69) is 9.97 Å². The zero-order valence-corrected chi connectivity index (χ0v) is 13.2. The molecular weight excluding hydrogens is 322 g/mol. The van der Waals surface area contributed by atoms with Gasteiger partial charge in [0, 0.05) is 17.6 Å². The SMILES string of the molecule is CN(Cc1nc2ccsc2c(=O)[nH]1)C(=O)c1cccc(Cl)c1. The summed E-state index contributed by atoms with van der Waals surface area (Å²) in [4.78, 5) is 32.8. The summed E-state index contributed by atoms with van der Waals surface area (Å²) in [6, 6.07) is 8.53. The van der Waals surface area contributed by atoms with Gasteiger partial charge >= 0.3 is 0 Å². The van der Waals surface area contributed by atoms with Gasteiger partial charge < -0.3 is 9.88 Å². The van der Waals surface area contributed by atoms with Crippen molar-refractivity contribution < 1.29 is 4.79 Å². The van der Waals surface area contributed by atoms with Crippen molar-refractivity contribution in [2.24, 2.45) is 0 Å². The second kappa shape index (κ2) is 5.90. The minimum atomic E-state index is -0.185. The highest BCUT2D eigenvalue weighted by molar-refractivity contribution is 7.17. The van der Waals surface area contributed by atoms with E-state index in [1.165, 1.54) is 16.2 Å². The molecule has 0 atom stereocenters. The normalized spacial score (nSPS) is 10.8. The first-order valence-electron chi connectivity index (χ1n) is 6.52. The van der Waals surface area contributed by atoms with Crippen LogP contribution in [0.1, 0.15) is 16.2 Å². The van der Waals surface area contributed by atoms with E-state index in [9.17, 15) is 9.59 Å². The van der Waals surface area contributed by atoms with Crippen LogP contribution < -0.4 is 5.56 Å². The van der Waals surface area contributed by atoms with Crippen LogP contribution in [-0.2, 0) is 6.54 Å². The van der Waals surface area contributed by atoms with E-state index < -0.39 is 0 Å². The summed E-state index contributed by atoms with van der Waals surface area (Å²) < 4.78 is 0.590. The standard InChI is InChI=1S/C15H12ClN3O2S/c1-19(15(21)9-3-2-4-10(16)7-9)8-12-17-11-5-6-22-13(11)14(20)18-12/h2-7H,8H2,1H3,(H,17,18,20). The Labute approximate surface area is 135 Å². The number of rotatable bonds is 3. The third kappa shape index (κ3) is 2.88. The highest BCUT2D eigenvalue weighted by Crippen LogP contribution is 2.15. The van der Waals surface area contributed by atoms with Crippen LogP contribution in [-0.4, -0.2) is 27.8 Å². The summed E-state index contributed by atoms with van der Waals surface area (Å²) in [5.74, 6) is 0.268. The van der Waals surface area contributed by atoms with Gasteiger partial charge in [-0.3, -0.25) is 9.59 Å². The van der Waals surface area contributed by atoms with Gasteiger partial charge in [0.1, 0.15) is 10.5 Å². The van der Waals surface area contributed by atoms with Crippen molar-refractivity contribution in [1.82, 2.24) is 14.9 Å². The van der Waals surface area contributed by atoms with Gasteiger partial charge in [-0.05, 0) is 29.6 Å². The Kier molecular flexibility index (Phi) is 3.96. The van der Waals surface area contributed by atoms with Crippen molar-refractivity contribution in [3.63, 3.8) is 0 Å². The summed E-state index contributed by atoms with van der Waals surface area (Å²) in [5.41, 5.74) is 0.958. The average Bonchev–Trinajstić information content (AvgIpc) is 2.95. The number of nitrogens with one attached hydrogen (secondary N) is 1. The number of halogens is 1. The Morgan fingerprint density at radius 1 is 1.41 bits per heavy atom. The average molecular weight is 334 g/mol. The van der Waals surface area contributed by atoms with Gasteiger partial charge in [-0.1, -0.05) is 17.7 Å². The lowest BCUT2D eigenvalue weighted by atomic mass is 10.2. The molecule has 22 heavy (non-hydrogen) atoms. The monoisotopic (exact) mass is 333 g/mol. The first kappa shape index (κ1) is 14.7. The van der Waals surface area contributed by atoms with Crippen LogP contribution >= 0.6 is 22.9 Å². The Balaban J connectivity index is 1.84. The maximum atomic E-state index is 12.3. The van der Waals surface area contributed by atoms with Crippen LogP contribution in [0.15, 0.2) is 40.5 Å². The molecule has 112 valence electrons. The highest BCUT2D eigenvalue weighted by Gasteiger charge is 2.14. The van der Waals surface area contributed by atoms with E-state index in [1.807, 2.05) is 5.38 Å². The topological polar surface area (TPSA) is 66.1 Å². The molecule has 1 N–H and O–H groups in total. The molecule has 3 aromatic rings. The Bertz CT molecular complexity index is 903. The van der Waals surface area contributed by atoms with Crippen LogP contribution in [0.4, 0.5) is 0 Å². The molecule has 2 aromatic heterocycles. The van der Waals surface area contributed by atoms with E-state index in [1.54, 1.807) is 37.4 Å². The summed E-state index contributed by atoms with van der Waals surface area (Å²) in [6.07, 6.45) is 0. The van der Waals surface area contributed by atoms with E-state index in [0.717, 1.165) is 0 Å². The molecule has 0 saturated heterocycles. The molecule has 0 fully saturated rings. The third-order valence-corrected chi connectivity index (χ3v) is 4.31. The number of carbonyl (C=O) groups is 1. The zero-order valence-electron chi connectivity index (χ0n) is 11.7. The van der Waals surface area contributed by atoms with E-state index in [-0.39, 0.29) is 18.0 Å². The van der Waals surface area contributed by atoms with Crippen LogP contribution in [0, 0.1) is 0 Å². The minimum absolute atomic E-state index is 0.182. The fourth-order valence-electron chi connectivity index (χ4n) is 2.13. The number of hydrogen-bond donors (Lipinski definition) is 1. The molecule has 0 bridgehead atoms. The quantitative estimate of drug-likeness (QED) is 0.801. The second-order valence-corrected chi connectivity index (χ2v) is 6.17. The molecule has 2 heterocycles. The molecule has 0 saturated carbocycles. The van der Waals surface area contributed by atoms with Crippen molar-refractivity contribution in [3.05, 3.63) is 62.5 Å². The number of aromatic amines is 1. The lowest BCUT2D eigenvalue weighted by Gasteiger charge is -2.16. The van der Waals surface area contributed by atoms with E-state index >= 15 is 0 Å². The Morgan fingerprint density at radius 3 is 3.00 bits per heavy atom. The first-order valence-corrected chi connectivity index (χ1v) is 7.78. The van der Waals surface area contributed by atoms with Crippen molar-refractivity contribution >= 4 is 39.1 Å². The number of carbonyl (C=O) groups excluding carboxylic acids is 1. The number of aromatic nitrogens is 2. The van der Waals surface area contributed by atoms with Gasteiger partial charge in [0.25, 0.3) is 11.5 Å². The molecule has 0 radical (unpaired) electrons. The summed E-state index contributed by atoms with van der Waals surface area (Å²) in [7, 11) is 1.65. The van der Waals surface area contributed by atoms with Crippen molar-refractivity contribution in [1.29, 1.82) is 0 Å². The van der Waals surface area contributed by atoms with Gasteiger partial charge in [0.15, 0.2) is 0 Å². The smallest absolute Gasteiger partial charge is 0.268 e. The number of H-pyrrole nitrogens is 1.